The molecule has 1 aromatic carbocycles. The largest absolute Gasteiger partial charge is 0.399 e. The van der Waals surface area contributed by atoms with E-state index in [1.54, 1.807) is 0 Å². The van der Waals surface area contributed by atoms with Crippen LogP contribution in [0.4, 0.5) is 11.4 Å². The number of benzene rings is 1. The molecule has 0 atom stereocenters. The van der Waals surface area contributed by atoms with E-state index < -0.39 is 0 Å². The summed E-state index contributed by atoms with van der Waals surface area (Å²) in [5.41, 5.74) is 9.04. The summed E-state index contributed by atoms with van der Waals surface area (Å²) in [5.74, 6) is 0. The zero-order chi connectivity index (χ0) is 11.8. The molecule has 0 radical (unpaired) electrons. The van der Waals surface area contributed by atoms with Crippen LogP contribution < -0.4 is 10.6 Å². The molecule has 4 heteroatoms. The smallest absolute Gasteiger partial charge is 0.0579 e. The summed E-state index contributed by atoms with van der Waals surface area (Å²) >= 11 is 3.64. The Balaban J connectivity index is 0.000000921. The van der Waals surface area contributed by atoms with Crippen LogP contribution in [0.15, 0.2) is 18.2 Å². The van der Waals surface area contributed by atoms with Crippen molar-refractivity contribution in [3.8, 4) is 0 Å². The second-order valence-corrected chi connectivity index (χ2v) is 3.21. The van der Waals surface area contributed by atoms with Gasteiger partial charge in [-0.2, -0.15) is 0 Å². The molecule has 15 heavy (non-hydrogen) atoms. The Labute approximate surface area is 96.6 Å². The first kappa shape index (κ1) is 14.1. The lowest BCUT2D eigenvalue weighted by Gasteiger charge is -2.21. The molecule has 3 N–H and O–H groups in total. The van der Waals surface area contributed by atoms with Gasteiger partial charge in [0.25, 0.3) is 0 Å². The Hall–Kier alpha value is -0.930. The molecule has 0 amide bonds. The highest BCUT2D eigenvalue weighted by molar-refractivity contribution is 6.04. The molecule has 0 aromatic heterocycles. The summed E-state index contributed by atoms with van der Waals surface area (Å²) in [6, 6.07) is 6.20. The SMILES string of the molecule is CCN(CC)c1ccc(N)c(C)c1.OCl. The van der Waals surface area contributed by atoms with Crippen LogP contribution in [0, 0.1) is 6.92 Å². The highest BCUT2D eigenvalue weighted by Gasteiger charge is 2.02. The maximum Gasteiger partial charge on any atom is 0.0579 e. The average molecular weight is 231 g/mol. The summed E-state index contributed by atoms with van der Waals surface area (Å²) in [4.78, 5) is 2.31. The van der Waals surface area contributed by atoms with Gasteiger partial charge in [0.05, 0.1) is 11.9 Å². The minimum absolute atomic E-state index is 0.871. The van der Waals surface area contributed by atoms with Crippen LogP contribution in [0.5, 0.6) is 0 Å². The predicted octanol–water partition coefficient (Wildman–Crippen LogP) is 2.56. The number of hydrogen-bond donors (Lipinski definition) is 2. The van der Waals surface area contributed by atoms with Crippen LogP contribution in [0.25, 0.3) is 0 Å². The predicted molar refractivity (Wildman–Crippen MR) is 67.2 cm³/mol. The molecule has 0 aliphatic heterocycles. The highest BCUT2D eigenvalue weighted by atomic mass is 35.5. The number of rotatable bonds is 3. The monoisotopic (exact) mass is 230 g/mol. The highest BCUT2D eigenvalue weighted by Crippen LogP contribution is 2.19. The fourth-order valence-corrected chi connectivity index (χ4v) is 1.45. The quantitative estimate of drug-likeness (QED) is 0.785. The lowest BCUT2D eigenvalue weighted by molar-refractivity contribution is 0.632. The Morgan fingerprint density at radius 2 is 1.80 bits per heavy atom. The van der Waals surface area contributed by atoms with E-state index in [1.807, 2.05) is 13.0 Å². The maximum atomic E-state index is 6.47. The summed E-state index contributed by atoms with van der Waals surface area (Å²) in [6.45, 7) is 8.45. The van der Waals surface area contributed by atoms with Gasteiger partial charge in [-0.3, -0.25) is 4.66 Å². The van der Waals surface area contributed by atoms with Gasteiger partial charge in [-0.15, -0.1) is 0 Å². The van der Waals surface area contributed by atoms with Crippen molar-refractivity contribution < 1.29 is 4.66 Å². The van der Waals surface area contributed by atoms with Crippen molar-refractivity contribution in [3.05, 3.63) is 23.8 Å². The fraction of sp³-hybridized carbons (Fsp3) is 0.455. The number of nitrogens with two attached hydrogens (primary N) is 1. The summed E-state index contributed by atoms with van der Waals surface area (Å²) in [6.07, 6.45) is 0. The average Bonchev–Trinajstić information content (AvgIpc) is 2.28. The van der Waals surface area contributed by atoms with Gasteiger partial charge in [0.2, 0.25) is 0 Å². The molecule has 0 bridgehead atoms. The molecule has 1 rings (SSSR count). The Kier molecular flexibility index (Phi) is 6.92. The number of nitrogen functional groups attached to an aromatic ring is 1. The lowest BCUT2D eigenvalue weighted by Crippen LogP contribution is -2.21. The van der Waals surface area contributed by atoms with Gasteiger partial charge in [0.1, 0.15) is 0 Å². The number of anilines is 2. The molecular weight excluding hydrogens is 212 g/mol. The van der Waals surface area contributed by atoms with Crippen molar-refractivity contribution in [1.82, 2.24) is 0 Å². The first-order valence-electron chi connectivity index (χ1n) is 4.97. The third-order valence-electron chi connectivity index (χ3n) is 2.38. The number of hydrogen-bond acceptors (Lipinski definition) is 3. The minimum atomic E-state index is 0.871. The van der Waals surface area contributed by atoms with Crippen molar-refractivity contribution in [2.45, 2.75) is 20.8 Å². The van der Waals surface area contributed by atoms with Gasteiger partial charge in [-0.1, -0.05) is 0 Å². The van der Waals surface area contributed by atoms with Crippen molar-refractivity contribution in [1.29, 1.82) is 0 Å². The molecule has 0 spiro atoms. The van der Waals surface area contributed by atoms with Crippen molar-refractivity contribution >= 4 is 23.2 Å². The summed E-state index contributed by atoms with van der Waals surface area (Å²) < 4.78 is 6.47. The van der Waals surface area contributed by atoms with E-state index in [-0.39, 0.29) is 0 Å². The first-order chi connectivity index (χ1) is 7.19. The van der Waals surface area contributed by atoms with Crippen LogP contribution in [0.3, 0.4) is 0 Å². The molecule has 1 aromatic rings. The van der Waals surface area contributed by atoms with Gasteiger partial charge in [0.15, 0.2) is 0 Å². The minimum Gasteiger partial charge on any atom is -0.399 e. The standard InChI is InChI=1S/C11H18N2.ClHO/c1-4-13(5-2)10-6-7-11(12)9(3)8-10;1-2/h6-8H,4-5,12H2,1-3H3;2H. The van der Waals surface area contributed by atoms with Gasteiger partial charge < -0.3 is 10.6 Å². The summed E-state index contributed by atoms with van der Waals surface area (Å²) in [5, 5.41) is 0. The van der Waals surface area contributed by atoms with Crippen LogP contribution in [-0.2, 0) is 0 Å². The normalized spacial score (nSPS) is 9.13. The molecule has 86 valence electrons. The number of aryl methyl sites for hydroxylation is 1. The molecule has 3 nitrogen and oxygen atoms in total. The zero-order valence-electron chi connectivity index (χ0n) is 9.50. The lowest BCUT2D eigenvalue weighted by atomic mass is 10.1. The van der Waals surface area contributed by atoms with E-state index >= 15 is 0 Å². The van der Waals surface area contributed by atoms with E-state index in [1.165, 1.54) is 5.69 Å². The van der Waals surface area contributed by atoms with Gasteiger partial charge >= 0.3 is 0 Å². The van der Waals surface area contributed by atoms with E-state index in [4.69, 9.17) is 10.4 Å². The second kappa shape index (κ2) is 7.37. The molecule has 0 saturated carbocycles. The van der Waals surface area contributed by atoms with Crippen LogP contribution in [-0.4, -0.2) is 17.7 Å². The van der Waals surface area contributed by atoms with Crippen molar-refractivity contribution in [2.75, 3.05) is 23.7 Å². The van der Waals surface area contributed by atoms with E-state index in [0.29, 0.717) is 0 Å². The maximum absolute atomic E-state index is 6.47. The molecule has 0 fully saturated rings. The molecule has 0 unspecified atom stereocenters. The van der Waals surface area contributed by atoms with Gasteiger partial charge in [0, 0.05) is 24.5 Å². The zero-order valence-corrected chi connectivity index (χ0v) is 10.3. The van der Waals surface area contributed by atoms with Crippen LogP contribution in [0.2, 0.25) is 0 Å². The van der Waals surface area contributed by atoms with Gasteiger partial charge in [-0.05, 0) is 44.5 Å². The number of halogens is 1. The Bertz CT molecular complexity index is 288. The summed E-state index contributed by atoms with van der Waals surface area (Å²) in [7, 11) is 0. The molecule has 0 aliphatic rings. The second-order valence-electron chi connectivity index (χ2n) is 3.21. The Morgan fingerprint density at radius 1 is 1.27 bits per heavy atom. The van der Waals surface area contributed by atoms with E-state index in [0.717, 1.165) is 24.3 Å². The molecule has 0 aliphatic carbocycles. The topological polar surface area (TPSA) is 49.5 Å². The third kappa shape index (κ3) is 3.98. The Morgan fingerprint density at radius 3 is 2.20 bits per heavy atom. The van der Waals surface area contributed by atoms with Crippen LogP contribution >= 0.6 is 11.9 Å². The third-order valence-corrected chi connectivity index (χ3v) is 2.38. The van der Waals surface area contributed by atoms with Crippen molar-refractivity contribution in [3.63, 3.8) is 0 Å². The first-order valence-corrected chi connectivity index (χ1v) is 5.30. The number of nitrogens with zero attached hydrogens (tertiary/aromatic N) is 1. The van der Waals surface area contributed by atoms with Crippen LogP contribution in [0.1, 0.15) is 19.4 Å². The van der Waals surface area contributed by atoms with E-state index in [2.05, 4.69) is 42.7 Å². The fourth-order valence-electron chi connectivity index (χ4n) is 1.45. The van der Waals surface area contributed by atoms with Crippen molar-refractivity contribution in [2.24, 2.45) is 0 Å². The van der Waals surface area contributed by atoms with E-state index in [9.17, 15) is 0 Å². The van der Waals surface area contributed by atoms with Gasteiger partial charge in [-0.25, -0.2) is 0 Å². The molecular formula is C11H19ClN2O. The molecule has 0 saturated heterocycles. The molecule has 0 heterocycles.